The number of benzene rings is 1. The van der Waals surface area contributed by atoms with E-state index in [1.165, 1.54) is 0 Å². The number of pyridine rings is 1. The maximum absolute atomic E-state index is 6.17. The minimum atomic E-state index is 0.532. The minimum absolute atomic E-state index is 0.532. The molecule has 1 heterocycles. The summed E-state index contributed by atoms with van der Waals surface area (Å²) in [6, 6.07) is 3.79. The number of hydrogen-bond acceptors (Lipinski definition) is 5. The van der Waals surface area contributed by atoms with Crippen LogP contribution in [0, 0.1) is 5.92 Å². The highest BCUT2D eigenvalue weighted by atomic mass is 16.5. The van der Waals surface area contributed by atoms with E-state index in [0.29, 0.717) is 23.1 Å². The molecule has 5 heteroatoms. The summed E-state index contributed by atoms with van der Waals surface area (Å²) >= 11 is 0. The monoisotopic (exact) mass is 275 g/mol. The topological polar surface area (TPSA) is 69.4 Å². The lowest BCUT2D eigenvalue weighted by molar-refractivity contribution is 0.357. The van der Waals surface area contributed by atoms with E-state index < -0.39 is 0 Å². The molecule has 108 valence electrons. The Balaban J connectivity index is 2.59. The summed E-state index contributed by atoms with van der Waals surface area (Å²) in [6.45, 7) is 5.15. The number of rotatable bonds is 5. The van der Waals surface area contributed by atoms with Crippen LogP contribution in [0.15, 0.2) is 18.3 Å². The first-order valence-electron chi connectivity index (χ1n) is 6.61. The molecule has 0 amide bonds. The smallest absolute Gasteiger partial charge is 0.184 e. The van der Waals surface area contributed by atoms with Gasteiger partial charge in [-0.1, -0.05) is 13.8 Å². The molecule has 3 N–H and O–H groups in total. The fourth-order valence-electron chi connectivity index (χ4n) is 2.11. The van der Waals surface area contributed by atoms with Crippen molar-refractivity contribution >= 4 is 22.3 Å². The molecule has 0 spiro atoms. The second-order valence-corrected chi connectivity index (χ2v) is 5.06. The van der Waals surface area contributed by atoms with E-state index in [4.69, 9.17) is 15.2 Å². The number of anilines is 2. The van der Waals surface area contributed by atoms with Gasteiger partial charge in [0, 0.05) is 23.5 Å². The molecule has 0 fully saturated rings. The predicted octanol–water partition coefficient (Wildman–Crippen LogP) is 2.90. The van der Waals surface area contributed by atoms with E-state index in [1.54, 1.807) is 20.4 Å². The fourth-order valence-corrected chi connectivity index (χ4v) is 2.11. The van der Waals surface area contributed by atoms with Gasteiger partial charge in [0.2, 0.25) is 0 Å². The number of methoxy groups -OCH3 is 2. The molecule has 0 bridgehead atoms. The van der Waals surface area contributed by atoms with Crippen molar-refractivity contribution in [1.29, 1.82) is 0 Å². The van der Waals surface area contributed by atoms with Crippen LogP contribution in [0.25, 0.3) is 10.8 Å². The number of aromatic nitrogens is 1. The number of hydrogen-bond donors (Lipinski definition) is 2. The van der Waals surface area contributed by atoms with E-state index >= 15 is 0 Å². The average Bonchev–Trinajstić information content (AvgIpc) is 2.44. The molecule has 0 saturated heterocycles. The molecule has 0 aliphatic heterocycles. The Morgan fingerprint density at radius 2 is 2.00 bits per heavy atom. The first kappa shape index (κ1) is 14.2. The van der Waals surface area contributed by atoms with Gasteiger partial charge in [-0.15, -0.1) is 0 Å². The summed E-state index contributed by atoms with van der Waals surface area (Å²) in [6.07, 6.45) is 1.74. The zero-order valence-corrected chi connectivity index (χ0v) is 12.4. The highest BCUT2D eigenvalue weighted by Gasteiger charge is 2.15. The van der Waals surface area contributed by atoms with Gasteiger partial charge in [0.1, 0.15) is 5.82 Å². The van der Waals surface area contributed by atoms with Crippen molar-refractivity contribution in [3.63, 3.8) is 0 Å². The van der Waals surface area contributed by atoms with Crippen LogP contribution in [0.3, 0.4) is 0 Å². The first-order chi connectivity index (χ1) is 9.58. The molecule has 0 unspecified atom stereocenters. The third-order valence-corrected chi connectivity index (χ3v) is 3.13. The fraction of sp³-hybridized carbons (Fsp3) is 0.400. The number of nitrogens with two attached hydrogens (primary N) is 1. The summed E-state index contributed by atoms with van der Waals surface area (Å²) in [4.78, 5) is 4.39. The molecule has 20 heavy (non-hydrogen) atoms. The summed E-state index contributed by atoms with van der Waals surface area (Å²) in [5.41, 5.74) is 6.74. The number of nitrogens with one attached hydrogen (secondary N) is 1. The molecular formula is C15H21N3O2. The van der Waals surface area contributed by atoms with E-state index in [1.807, 2.05) is 12.1 Å². The zero-order valence-electron chi connectivity index (χ0n) is 12.4. The Morgan fingerprint density at radius 3 is 2.60 bits per heavy atom. The van der Waals surface area contributed by atoms with Gasteiger partial charge in [-0.25, -0.2) is 4.98 Å². The molecule has 0 aliphatic rings. The second kappa shape index (κ2) is 5.86. The average molecular weight is 275 g/mol. The van der Waals surface area contributed by atoms with Crippen LogP contribution in [0.5, 0.6) is 11.5 Å². The van der Waals surface area contributed by atoms with Gasteiger partial charge in [0.05, 0.1) is 19.9 Å². The normalized spacial score (nSPS) is 10.8. The van der Waals surface area contributed by atoms with Crippen LogP contribution in [-0.4, -0.2) is 25.7 Å². The van der Waals surface area contributed by atoms with Crippen LogP contribution >= 0.6 is 0 Å². The zero-order chi connectivity index (χ0) is 14.7. The predicted molar refractivity (Wildman–Crippen MR) is 82.6 cm³/mol. The Morgan fingerprint density at radius 1 is 1.25 bits per heavy atom. The van der Waals surface area contributed by atoms with E-state index in [2.05, 4.69) is 24.1 Å². The summed E-state index contributed by atoms with van der Waals surface area (Å²) < 4.78 is 10.7. The molecule has 2 aromatic rings. The highest BCUT2D eigenvalue weighted by molar-refractivity contribution is 6.03. The van der Waals surface area contributed by atoms with Crippen molar-refractivity contribution < 1.29 is 9.47 Å². The lowest BCUT2D eigenvalue weighted by Crippen LogP contribution is -2.09. The van der Waals surface area contributed by atoms with Gasteiger partial charge in [0.15, 0.2) is 11.5 Å². The number of fused-ring (bicyclic) bond motifs is 1. The van der Waals surface area contributed by atoms with Gasteiger partial charge in [-0.05, 0) is 18.1 Å². The van der Waals surface area contributed by atoms with E-state index in [0.717, 1.165) is 23.1 Å². The molecule has 1 aromatic carbocycles. The highest BCUT2D eigenvalue weighted by Crippen LogP contribution is 2.41. The second-order valence-electron chi connectivity index (χ2n) is 5.06. The molecule has 0 atom stereocenters. The quantitative estimate of drug-likeness (QED) is 0.821. The van der Waals surface area contributed by atoms with Crippen LogP contribution in [0.2, 0.25) is 0 Å². The van der Waals surface area contributed by atoms with Crippen molar-refractivity contribution in [1.82, 2.24) is 4.98 Å². The van der Waals surface area contributed by atoms with Gasteiger partial charge >= 0.3 is 0 Å². The van der Waals surface area contributed by atoms with Gasteiger partial charge in [0.25, 0.3) is 0 Å². The van der Waals surface area contributed by atoms with Crippen LogP contribution in [0.4, 0.5) is 11.5 Å². The molecule has 0 radical (unpaired) electrons. The molecule has 0 aliphatic carbocycles. The Hall–Kier alpha value is -2.17. The lowest BCUT2D eigenvalue weighted by Gasteiger charge is -2.15. The third kappa shape index (κ3) is 2.57. The van der Waals surface area contributed by atoms with Crippen molar-refractivity contribution in [2.45, 2.75) is 13.8 Å². The van der Waals surface area contributed by atoms with E-state index in [9.17, 15) is 0 Å². The molecule has 5 nitrogen and oxygen atoms in total. The number of nitrogen functional groups attached to an aromatic ring is 1. The molecule has 2 rings (SSSR count). The minimum Gasteiger partial charge on any atom is -0.493 e. The standard InChI is InChI=1S/C15H21N3O2/c1-9(2)8-18-15-11-7-12(19-3)14(20-4)13(16)10(11)5-6-17-15/h5-7,9H,8,16H2,1-4H3,(H,17,18). The van der Waals surface area contributed by atoms with Crippen LogP contribution in [0.1, 0.15) is 13.8 Å². The van der Waals surface area contributed by atoms with Crippen LogP contribution < -0.4 is 20.5 Å². The summed E-state index contributed by atoms with van der Waals surface area (Å²) in [5, 5.41) is 5.18. The van der Waals surface area contributed by atoms with E-state index in [-0.39, 0.29) is 0 Å². The largest absolute Gasteiger partial charge is 0.493 e. The molecular weight excluding hydrogens is 254 g/mol. The van der Waals surface area contributed by atoms with Gasteiger partial charge in [-0.2, -0.15) is 0 Å². The van der Waals surface area contributed by atoms with Crippen molar-refractivity contribution in [3.05, 3.63) is 18.3 Å². The Bertz CT molecular complexity index is 612. The van der Waals surface area contributed by atoms with Crippen molar-refractivity contribution in [2.24, 2.45) is 5.92 Å². The van der Waals surface area contributed by atoms with Gasteiger partial charge < -0.3 is 20.5 Å². The maximum atomic E-state index is 6.17. The lowest BCUT2D eigenvalue weighted by atomic mass is 10.1. The van der Waals surface area contributed by atoms with Crippen molar-refractivity contribution in [3.8, 4) is 11.5 Å². The maximum Gasteiger partial charge on any atom is 0.184 e. The number of nitrogens with zero attached hydrogens (tertiary/aromatic N) is 1. The Kier molecular flexibility index (Phi) is 4.17. The van der Waals surface area contributed by atoms with Crippen molar-refractivity contribution in [2.75, 3.05) is 31.8 Å². The molecule has 0 saturated carbocycles. The SMILES string of the molecule is COc1cc2c(NCC(C)C)nccc2c(N)c1OC. The van der Waals surface area contributed by atoms with Gasteiger partial charge in [-0.3, -0.25) is 0 Å². The first-order valence-corrected chi connectivity index (χ1v) is 6.61. The molecule has 1 aromatic heterocycles. The summed E-state index contributed by atoms with van der Waals surface area (Å²) in [7, 11) is 3.18. The number of ether oxygens (including phenoxy) is 2. The third-order valence-electron chi connectivity index (χ3n) is 3.13. The van der Waals surface area contributed by atoms with Crippen LogP contribution in [-0.2, 0) is 0 Å². The Labute approximate surface area is 119 Å². The summed E-state index contributed by atoms with van der Waals surface area (Å²) in [5.74, 6) is 2.51.